The lowest BCUT2D eigenvalue weighted by molar-refractivity contribution is 0.190. The van der Waals surface area contributed by atoms with E-state index in [9.17, 15) is 4.79 Å². The number of nitrogens with two attached hydrogens (primary N) is 1. The molecule has 0 heterocycles. The maximum atomic E-state index is 10.1. The molecule has 4 heteroatoms. The Morgan fingerprint density at radius 1 is 1.60 bits per heavy atom. The third kappa shape index (κ3) is 1.88. The van der Waals surface area contributed by atoms with E-state index in [1.807, 2.05) is 0 Å². The predicted molar refractivity (Wildman–Crippen MR) is 36.8 cm³/mol. The van der Waals surface area contributed by atoms with Gasteiger partial charge < -0.3 is 16.2 Å². The zero-order valence-electron chi connectivity index (χ0n) is 5.71. The van der Waals surface area contributed by atoms with Crippen molar-refractivity contribution < 1.29 is 9.90 Å². The largest absolute Gasteiger partial charge is 0.465 e. The van der Waals surface area contributed by atoms with E-state index >= 15 is 0 Å². The van der Waals surface area contributed by atoms with Gasteiger partial charge in [-0.1, -0.05) is 0 Å². The normalized spacial score (nSPS) is 32.1. The summed E-state index contributed by atoms with van der Waals surface area (Å²) in [7, 11) is 0. The lowest BCUT2D eigenvalue weighted by atomic mass is 10.2. The van der Waals surface area contributed by atoms with Crippen LogP contribution in [0.4, 0.5) is 4.79 Å². The molecule has 58 valence electrons. The molecule has 2 atom stereocenters. The number of hydrogen-bond donors (Lipinski definition) is 3. The smallest absolute Gasteiger partial charge is 0.404 e. The summed E-state index contributed by atoms with van der Waals surface area (Å²) in [5, 5.41) is 10.7. The lowest BCUT2D eigenvalue weighted by Gasteiger charge is -2.07. The van der Waals surface area contributed by atoms with Crippen LogP contribution >= 0.6 is 0 Å². The molecule has 0 bridgehead atoms. The summed E-state index contributed by atoms with van der Waals surface area (Å²) in [6, 6.07) is 0.282. The Hall–Kier alpha value is -0.770. The van der Waals surface area contributed by atoms with Gasteiger partial charge in [0.05, 0.1) is 0 Å². The summed E-state index contributed by atoms with van der Waals surface area (Å²) in [5.41, 5.74) is 5.57. The van der Waals surface area contributed by atoms with Crippen molar-refractivity contribution in [3.05, 3.63) is 0 Å². The van der Waals surface area contributed by atoms with Crippen LogP contribution in [0.25, 0.3) is 0 Å². The molecule has 1 saturated carbocycles. The average Bonchev–Trinajstić information content (AvgIpc) is 2.13. The minimum Gasteiger partial charge on any atom is -0.465 e. The Labute approximate surface area is 59.4 Å². The fraction of sp³-hybridized carbons (Fsp3) is 0.833. The summed E-state index contributed by atoms with van der Waals surface area (Å²) < 4.78 is 0. The predicted octanol–water partition coefficient (Wildman–Crippen LogP) is 0.134. The number of carboxylic acid groups (broad SMARTS) is 1. The number of amides is 1. The van der Waals surface area contributed by atoms with E-state index in [2.05, 4.69) is 5.32 Å². The second-order valence-electron chi connectivity index (χ2n) is 2.72. The van der Waals surface area contributed by atoms with Crippen molar-refractivity contribution in [2.45, 2.75) is 31.3 Å². The van der Waals surface area contributed by atoms with Gasteiger partial charge in [-0.05, 0) is 19.3 Å². The van der Waals surface area contributed by atoms with Crippen LogP contribution in [0.2, 0.25) is 0 Å². The number of rotatable bonds is 1. The second-order valence-corrected chi connectivity index (χ2v) is 2.72. The number of hydrogen-bond acceptors (Lipinski definition) is 2. The standard InChI is InChI=1S/C6H12N2O2/c7-4-1-2-5(3-4)8-6(9)10/h4-5,8H,1-3,7H2,(H,9,10)/t4-,5-/m1/s1. The molecule has 0 unspecified atom stereocenters. The fourth-order valence-electron chi connectivity index (χ4n) is 1.32. The molecular weight excluding hydrogens is 132 g/mol. The summed E-state index contributed by atoms with van der Waals surface area (Å²) in [4.78, 5) is 10.1. The first-order chi connectivity index (χ1) is 4.68. The second kappa shape index (κ2) is 2.88. The zero-order valence-corrected chi connectivity index (χ0v) is 5.71. The molecule has 1 rings (SSSR count). The van der Waals surface area contributed by atoms with Gasteiger partial charge in [0.25, 0.3) is 0 Å². The Morgan fingerprint density at radius 3 is 2.70 bits per heavy atom. The van der Waals surface area contributed by atoms with Crippen LogP contribution in [0.1, 0.15) is 19.3 Å². The van der Waals surface area contributed by atoms with Crippen LogP contribution in [0, 0.1) is 0 Å². The van der Waals surface area contributed by atoms with Crippen LogP contribution in [-0.4, -0.2) is 23.3 Å². The van der Waals surface area contributed by atoms with E-state index in [-0.39, 0.29) is 12.1 Å². The van der Waals surface area contributed by atoms with Crippen molar-refractivity contribution >= 4 is 6.09 Å². The Kier molecular flexibility index (Phi) is 2.11. The van der Waals surface area contributed by atoms with E-state index in [0.29, 0.717) is 0 Å². The van der Waals surface area contributed by atoms with E-state index in [1.54, 1.807) is 0 Å². The minimum absolute atomic E-state index is 0.0903. The first-order valence-electron chi connectivity index (χ1n) is 3.43. The van der Waals surface area contributed by atoms with Crippen LogP contribution in [0.5, 0.6) is 0 Å². The highest BCUT2D eigenvalue weighted by molar-refractivity contribution is 5.64. The van der Waals surface area contributed by atoms with Crippen LogP contribution in [-0.2, 0) is 0 Å². The molecule has 0 radical (unpaired) electrons. The topological polar surface area (TPSA) is 75.3 Å². The summed E-state index contributed by atoms with van der Waals surface area (Å²) >= 11 is 0. The molecule has 0 aromatic carbocycles. The SMILES string of the molecule is N[C@@H]1CC[C@@H](NC(=O)O)C1. The van der Waals surface area contributed by atoms with Gasteiger partial charge in [-0.2, -0.15) is 0 Å². The van der Waals surface area contributed by atoms with E-state index in [4.69, 9.17) is 10.8 Å². The van der Waals surface area contributed by atoms with Gasteiger partial charge in [0.15, 0.2) is 0 Å². The Morgan fingerprint density at radius 2 is 2.30 bits per heavy atom. The van der Waals surface area contributed by atoms with Gasteiger partial charge in [0.1, 0.15) is 0 Å². The van der Waals surface area contributed by atoms with E-state index in [0.717, 1.165) is 19.3 Å². The Balaban J connectivity index is 2.24. The molecule has 10 heavy (non-hydrogen) atoms. The van der Waals surface area contributed by atoms with E-state index < -0.39 is 6.09 Å². The van der Waals surface area contributed by atoms with Gasteiger partial charge >= 0.3 is 6.09 Å². The molecule has 0 saturated heterocycles. The van der Waals surface area contributed by atoms with E-state index in [1.165, 1.54) is 0 Å². The van der Waals surface area contributed by atoms with Crippen molar-refractivity contribution in [3.63, 3.8) is 0 Å². The third-order valence-electron chi connectivity index (χ3n) is 1.80. The third-order valence-corrected chi connectivity index (χ3v) is 1.80. The highest BCUT2D eigenvalue weighted by Gasteiger charge is 2.22. The molecule has 1 aliphatic rings. The highest BCUT2D eigenvalue weighted by atomic mass is 16.4. The molecule has 0 aromatic rings. The molecule has 1 fully saturated rings. The fourth-order valence-corrected chi connectivity index (χ4v) is 1.32. The van der Waals surface area contributed by atoms with Crippen LogP contribution in [0.3, 0.4) is 0 Å². The van der Waals surface area contributed by atoms with Gasteiger partial charge in [-0.25, -0.2) is 4.79 Å². The molecule has 0 aromatic heterocycles. The molecule has 4 N–H and O–H groups in total. The molecule has 0 aliphatic heterocycles. The average molecular weight is 144 g/mol. The zero-order chi connectivity index (χ0) is 7.56. The number of carbonyl (C=O) groups is 1. The lowest BCUT2D eigenvalue weighted by Crippen LogP contribution is -2.32. The monoisotopic (exact) mass is 144 g/mol. The summed E-state index contributed by atoms with van der Waals surface area (Å²) in [6.07, 6.45) is 1.66. The van der Waals surface area contributed by atoms with Crippen molar-refractivity contribution in [1.82, 2.24) is 5.32 Å². The molecule has 1 amide bonds. The number of nitrogens with one attached hydrogen (secondary N) is 1. The van der Waals surface area contributed by atoms with Gasteiger partial charge in [-0.15, -0.1) is 0 Å². The minimum atomic E-state index is -0.945. The van der Waals surface area contributed by atoms with Gasteiger partial charge in [0.2, 0.25) is 0 Å². The van der Waals surface area contributed by atoms with Crippen LogP contribution in [0.15, 0.2) is 0 Å². The van der Waals surface area contributed by atoms with Gasteiger partial charge in [0, 0.05) is 12.1 Å². The Bertz CT molecular complexity index is 138. The first-order valence-corrected chi connectivity index (χ1v) is 3.43. The van der Waals surface area contributed by atoms with Crippen molar-refractivity contribution in [1.29, 1.82) is 0 Å². The van der Waals surface area contributed by atoms with Crippen molar-refractivity contribution in [2.75, 3.05) is 0 Å². The molecule has 4 nitrogen and oxygen atoms in total. The van der Waals surface area contributed by atoms with Crippen molar-refractivity contribution in [2.24, 2.45) is 5.73 Å². The molecular formula is C6H12N2O2. The first kappa shape index (κ1) is 7.34. The summed E-state index contributed by atoms with van der Waals surface area (Å²) in [5.74, 6) is 0. The maximum absolute atomic E-state index is 10.1. The highest BCUT2D eigenvalue weighted by Crippen LogP contribution is 2.16. The maximum Gasteiger partial charge on any atom is 0.404 e. The van der Waals surface area contributed by atoms with Crippen LogP contribution < -0.4 is 11.1 Å². The summed E-state index contributed by atoms with van der Waals surface area (Å²) in [6.45, 7) is 0. The molecule has 1 aliphatic carbocycles. The van der Waals surface area contributed by atoms with Gasteiger partial charge in [-0.3, -0.25) is 0 Å². The quantitative estimate of drug-likeness (QED) is 0.489. The molecule has 0 spiro atoms. The van der Waals surface area contributed by atoms with Crippen molar-refractivity contribution in [3.8, 4) is 0 Å².